The zero-order chi connectivity index (χ0) is 18.3. The quantitative estimate of drug-likeness (QED) is 0.438. The number of rotatable bonds is 7. The molecule has 27 heavy (non-hydrogen) atoms. The minimum Gasteiger partial charge on any atom is -0.485 e. The molecule has 3 aromatic carbocycles. The number of hydrogen-bond donors (Lipinski definition) is 0. The van der Waals surface area contributed by atoms with Crippen molar-refractivity contribution in [3.63, 3.8) is 0 Å². The van der Waals surface area contributed by atoms with E-state index in [4.69, 9.17) is 13.9 Å². The van der Waals surface area contributed by atoms with Gasteiger partial charge in [-0.25, -0.2) is 4.98 Å². The molecular weight excluding hydrogens is 338 g/mol. The molecule has 0 N–H and O–H groups in total. The molecule has 0 fully saturated rings. The van der Waals surface area contributed by atoms with Gasteiger partial charge in [-0.3, -0.25) is 0 Å². The van der Waals surface area contributed by atoms with E-state index in [1.807, 2.05) is 78.9 Å². The van der Waals surface area contributed by atoms with Crippen LogP contribution in [0.25, 0.3) is 11.5 Å². The van der Waals surface area contributed by atoms with Crippen molar-refractivity contribution < 1.29 is 13.9 Å². The lowest BCUT2D eigenvalue weighted by molar-refractivity contribution is 0.256. The molecule has 0 aliphatic heterocycles. The fourth-order valence-corrected chi connectivity index (χ4v) is 2.71. The fraction of sp³-hybridized carbons (Fsp3) is 0.0870. The van der Waals surface area contributed by atoms with E-state index < -0.39 is 0 Å². The number of benzene rings is 3. The van der Waals surface area contributed by atoms with Gasteiger partial charge in [0.1, 0.15) is 19.5 Å². The normalized spacial score (nSPS) is 10.5. The Hall–Kier alpha value is -3.53. The summed E-state index contributed by atoms with van der Waals surface area (Å²) >= 11 is 0. The lowest BCUT2D eigenvalue weighted by Crippen LogP contribution is -2.01. The van der Waals surface area contributed by atoms with Gasteiger partial charge < -0.3 is 13.9 Å². The molecule has 4 rings (SSSR count). The molecule has 4 nitrogen and oxygen atoms in total. The van der Waals surface area contributed by atoms with Crippen LogP contribution in [0.4, 0.5) is 0 Å². The van der Waals surface area contributed by atoms with Crippen molar-refractivity contribution in [3.8, 4) is 23.0 Å². The molecule has 4 heteroatoms. The van der Waals surface area contributed by atoms with Crippen LogP contribution in [0.3, 0.4) is 0 Å². The highest BCUT2D eigenvalue weighted by molar-refractivity contribution is 5.59. The predicted octanol–water partition coefficient (Wildman–Crippen LogP) is 5.50. The molecule has 0 aliphatic rings. The Balaban J connectivity index is 1.56. The van der Waals surface area contributed by atoms with Crippen LogP contribution < -0.4 is 9.47 Å². The predicted molar refractivity (Wildman–Crippen MR) is 103 cm³/mol. The van der Waals surface area contributed by atoms with Crippen LogP contribution in [0.2, 0.25) is 0 Å². The van der Waals surface area contributed by atoms with E-state index >= 15 is 0 Å². The van der Waals surface area contributed by atoms with Gasteiger partial charge in [0.15, 0.2) is 11.5 Å². The summed E-state index contributed by atoms with van der Waals surface area (Å²) in [5, 5.41) is 0. The summed E-state index contributed by atoms with van der Waals surface area (Å²) in [4.78, 5) is 4.21. The SMILES string of the molecule is c1ccc(COc2ccc(-c3ncco3)cc2OCc2ccccc2)cc1. The van der Waals surface area contributed by atoms with Crippen LogP contribution >= 0.6 is 0 Å². The van der Waals surface area contributed by atoms with Crippen LogP contribution in [0.15, 0.2) is 95.7 Å². The third kappa shape index (κ3) is 4.36. The van der Waals surface area contributed by atoms with Gasteiger partial charge in [0, 0.05) is 5.56 Å². The summed E-state index contributed by atoms with van der Waals surface area (Å²) in [5.74, 6) is 1.89. The van der Waals surface area contributed by atoms with E-state index in [1.54, 1.807) is 12.5 Å². The monoisotopic (exact) mass is 357 g/mol. The van der Waals surface area contributed by atoms with Gasteiger partial charge in [-0.2, -0.15) is 0 Å². The summed E-state index contributed by atoms with van der Waals surface area (Å²) in [7, 11) is 0. The highest BCUT2D eigenvalue weighted by atomic mass is 16.5. The van der Waals surface area contributed by atoms with Crippen LogP contribution in [0.5, 0.6) is 11.5 Å². The molecule has 0 unspecified atom stereocenters. The Morgan fingerprint density at radius 3 is 1.93 bits per heavy atom. The second-order valence-corrected chi connectivity index (χ2v) is 6.05. The topological polar surface area (TPSA) is 44.5 Å². The Morgan fingerprint density at radius 2 is 1.33 bits per heavy atom. The van der Waals surface area contributed by atoms with Gasteiger partial charge in [0.25, 0.3) is 0 Å². The number of nitrogens with zero attached hydrogens (tertiary/aromatic N) is 1. The van der Waals surface area contributed by atoms with Crippen molar-refractivity contribution in [2.75, 3.05) is 0 Å². The van der Waals surface area contributed by atoms with Crippen LogP contribution in [0, 0.1) is 0 Å². The third-order valence-corrected chi connectivity index (χ3v) is 4.10. The zero-order valence-corrected chi connectivity index (χ0v) is 14.7. The van der Waals surface area contributed by atoms with Crippen LogP contribution in [-0.2, 0) is 13.2 Å². The fourth-order valence-electron chi connectivity index (χ4n) is 2.71. The first-order valence-electron chi connectivity index (χ1n) is 8.76. The highest BCUT2D eigenvalue weighted by Crippen LogP contribution is 2.33. The summed E-state index contributed by atoms with van der Waals surface area (Å²) in [5.41, 5.74) is 3.03. The number of oxazole rings is 1. The molecule has 0 aliphatic carbocycles. The summed E-state index contributed by atoms with van der Waals surface area (Å²) in [6.45, 7) is 0.929. The summed E-state index contributed by atoms with van der Waals surface area (Å²) < 4.78 is 17.5. The molecule has 134 valence electrons. The van der Waals surface area contributed by atoms with Crippen molar-refractivity contribution in [3.05, 3.63) is 102 Å². The van der Waals surface area contributed by atoms with E-state index in [-0.39, 0.29) is 0 Å². The maximum absolute atomic E-state index is 6.06. The molecular formula is C23H19NO3. The van der Waals surface area contributed by atoms with Crippen molar-refractivity contribution in [1.82, 2.24) is 4.98 Å². The van der Waals surface area contributed by atoms with E-state index in [2.05, 4.69) is 4.98 Å². The first-order valence-corrected chi connectivity index (χ1v) is 8.76. The maximum atomic E-state index is 6.06. The van der Waals surface area contributed by atoms with Crippen molar-refractivity contribution in [2.45, 2.75) is 13.2 Å². The zero-order valence-electron chi connectivity index (χ0n) is 14.7. The molecule has 1 heterocycles. The largest absolute Gasteiger partial charge is 0.485 e. The maximum Gasteiger partial charge on any atom is 0.225 e. The van der Waals surface area contributed by atoms with E-state index in [9.17, 15) is 0 Å². The third-order valence-electron chi connectivity index (χ3n) is 4.10. The van der Waals surface area contributed by atoms with Gasteiger partial charge >= 0.3 is 0 Å². The second kappa shape index (κ2) is 8.23. The Morgan fingerprint density at radius 1 is 0.704 bits per heavy atom. The number of hydrogen-bond acceptors (Lipinski definition) is 4. The van der Waals surface area contributed by atoms with Crippen molar-refractivity contribution >= 4 is 0 Å². The van der Waals surface area contributed by atoms with Gasteiger partial charge in [-0.15, -0.1) is 0 Å². The van der Waals surface area contributed by atoms with Gasteiger partial charge in [-0.05, 0) is 29.3 Å². The molecule has 0 spiro atoms. The number of ether oxygens (including phenoxy) is 2. The first kappa shape index (κ1) is 16.9. The van der Waals surface area contributed by atoms with Gasteiger partial charge in [0.2, 0.25) is 5.89 Å². The summed E-state index contributed by atoms with van der Waals surface area (Å²) in [6.07, 6.45) is 3.18. The van der Waals surface area contributed by atoms with Gasteiger partial charge in [0.05, 0.1) is 6.20 Å². The Labute approximate surface area is 158 Å². The second-order valence-electron chi connectivity index (χ2n) is 6.05. The highest BCUT2D eigenvalue weighted by Gasteiger charge is 2.11. The lowest BCUT2D eigenvalue weighted by Gasteiger charge is -2.14. The molecule has 0 bridgehead atoms. The molecule has 0 saturated heterocycles. The minimum absolute atomic E-state index is 0.456. The average Bonchev–Trinajstić information content (AvgIpc) is 3.27. The molecule has 0 saturated carbocycles. The van der Waals surface area contributed by atoms with E-state index in [1.165, 1.54) is 0 Å². The lowest BCUT2D eigenvalue weighted by atomic mass is 10.2. The van der Waals surface area contributed by atoms with Gasteiger partial charge in [-0.1, -0.05) is 60.7 Å². The average molecular weight is 357 g/mol. The Bertz CT molecular complexity index is 967. The summed E-state index contributed by atoms with van der Waals surface area (Å²) in [6, 6.07) is 25.8. The van der Waals surface area contributed by atoms with Crippen LogP contribution in [0.1, 0.15) is 11.1 Å². The smallest absolute Gasteiger partial charge is 0.225 e. The van der Waals surface area contributed by atoms with Crippen LogP contribution in [-0.4, -0.2) is 4.98 Å². The molecule has 0 atom stereocenters. The number of aromatic nitrogens is 1. The van der Waals surface area contributed by atoms with Crippen molar-refractivity contribution in [2.24, 2.45) is 0 Å². The Kier molecular flexibility index (Phi) is 5.16. The molecule has 1 aromatic heterocycles. The minimum atomic E-state index is 0.456. The van der Waals surface area contributed by atoms with Crippen molar-refractivity contribution in [1.29, 1.82) is 0 Å². The first-order chi connectivity index (χ1) is 13.4. The van der Waals surface area contributed by atoms with E-state index in [0.29, 0.717) is 30.6 Å². The molecule has 4 aromatic rings. The van der Waals surface area contributed by atoms with E-state index in [0.717, 1.165) is 16.7 Å². The molecule has 0 radical (unpaired) electrons. The standard InChI is InChI=1S/C23H19NO3/c1-3-7-18(8-4-1)16-26-21-12-11-20(23-24-13-14-25-23)15-22(21)27-17-19-9-5-2-6-10-19/h1-15H,16-17H2. The molecule has 0 amide bonds.